The van der Waals surface area contributed by atoms with Gasteiger partial charge in [0.15, 0.2) is 0 Å². The van der Waals surface area contributed by atoms with Crippen molar-refractivity contribution in [1.82, 2.24) is 0 Å². The lowest BCUT2D eigenvalue weighted by Crippen LogP contribution is -2.14. The van der Waals surface area contributed by atoms with Crippen LogP contribution in [0.15, 0.2) is 36.4 Å². The van der Waals surface area contributed by atoms with Crippen LogP contribution in [0.25, 0.3) is 0 Å². The number of rotatable bonds is 41. The van der Waals surface area contributed by atoms with E-state index >= 15 is 0 Å². The number of benzene rings is 2. The third-order valence-corrected chi connectivity index (χ3v) is 7.49. The Bertz CT molecular complexity index is 1080. The predicted octanol–water partition coefficient (Wildman–Crippen LogP) is 2.40. The van der Waals surface area contributed by atoms with Gasteiger partial charge >= 0.3 is 0 Å². The lowest BCUT2D eigenvalue weighted by molar-refractivity contribution is -0.0146. The van der Waals surface area contributed by atoms with Crippen molar-refractivity contribution in [3.05, 3.63) is 47.5 Å². The van der Waals surface area contributed by atoms with Gasteiger partial charge in [0.05, 0.1) is 160 Å². The van der Waals surface area contributed by atoms with Gasteiger partial charge in [0, 0.05) is 12.1 Å². The molecule has 0 spiro atoms. The van der Waals surface area contributed by atoms with Crippen molar-refractivity contribution in [3.63, 3.8) is 0 Å². The Kier molecular flexibility index (Phi) is 32.1. The smallest absolute Gasteiger partial charge is 0.123 e. The Balaban J connectivity index is 1.55. The first-order chi connectivity index (χ1) is 27.7. The maximum atomic E-state index is 8.64. The Hall–Kier alpha value is -2.84. The average Bonchev–Trinajstić information content (AvgIpc) is 3.22. The summed E-state index contributed by atoms with van der Waals surface area (Å²) in [6, 6.07) is 11.8. The fourth-order valence-electron chi connectivity index (χ4n) is 4.77. The Labute approximate surface area is 332 Å². The van der Waals surface area contributed by atoms with Crippen LogP contribution in [-0.4, -0.2) is 183 Å². The van der Waals surface area contributed by atoms with Crippen molar-refractivity contribution in [2.24, 2.45) is 0 Å². The summed E-state index contributed by atoms with van der Waals surface area (Å²) in [5, 5.41) is 17.3. The summed E-state index contributed by atoms with van der Waals surface area (Å²) < 4.78 is 77.2. The number of aliphatic hydroxyl groups is 2. The number of methoxy groups -OCH3 is 2. The zero-order chi connectivity index (χ0) is 40.0. The van der Waals surface area contributed by atoms with Crippen LogP contribution >= 0.6 is 0 Å². The minimum Gasteiger partial charge on any atom is -0.497 e. The molecule has 2 aromatic carbocycles. The van der Waals surface area contributed by atoms with Gasteiger partial charge < -0.3 is 76.5 Å². The second-order valence-electron chi connectivity index (χ2n) is 11.8. The van der Waals surface area contributed by atoms with Gasteiger partial charge in [0.1, 0.15) is 36.2 Å². The third kappa shape index (κ3) is 27.7. The van der Waals surface area contributed by atoms with Crippen LogP contribution < -0.4 is 18.9 Å². The molecule has 56 heavy (non-hydrogen) atoms. The van der Waals surface area contributed by atoms with Gasteiger partial charge in [-0.15, -0.1) is 0 Å². The molecule has 0 atom stereocenters. The van der Waals surface area contributed by atoms with Crippen LogP contribution in [0.3, 0.4) is 0 Å². The molecule has 0 saturated carbocycles. The van der Waals surface area contributed by atoms with Crippen LogP contribution in [0.1, 0.15) is 11.1 Å². The highest BCUT2D eigenvalue weighted by molar-refractivity contribution is 5.41. The fourth-order valence-corrected chi connectivity index (χ4v) is 4.77. The van der Waals surface area contributed by atoms with E-state index in [1.54, 1.807) is 14.2 Å². The van der Waals surface area contributed by atoms with Gasteiger partial charge in [-0.25, -0.2) is 0 Å². The second-order valence-corrected chi connectivity index (χ2v) is 11.8. The summed E-state index contributed by atoms with van der Waals surface area (Å²) in [7, 11) is 3.28. The summed E-state index contributed by atoms with van der Waals surface area (Å²) in [5.74, 6) is 2.87. The van der Waals surface area contributed by atoms with Crippen LogP contribution in [0, 0.1) is 0 Å². The SMILES string of the molecule is COc1cc(CCc2cc(OC)cc(OCCOCCOCCOCCOCCOCCO)c2)cc(OCCOCCOCCOCCOCCOCCO)c1. The molecule has 0 saturated heterocycles. The van der Waals surface area contributed by atoms with Gasteiger partial charge in [-0.3, -0.25) is 0 Å². The minimum absolute atomic E-state index is 0.0143. The monoisotopic (exact) mass is 802 g/mol. The molecule has 0 unspecified atom stereocenters. The lowest BCUT2D eigenvalue weighted by Gasteiger charge is -2.13. The van der Waals surface area contributed by atoms with E-state index in [1.165, 1.54) is 0 Å². The molecule has 2 rings (SSSR count). The highest BCUT2D eigenvalue weighted by atomic mass is 16.6. The molecule has 16 nitrogen and oxygen atoms in total. The summed E-state index contributed by atoms with van der Waals surface area (Å²) >= 11 is 0. The molecule has 16 heteroatoms. The molecule has 0 fully saturated rings. The van der Waals surface area contributed by atoms with E-state index in [-0.39, 0.29) is 13.2 Å². The highest BCUT2D eigenvalue weighted by Crippen LogP contribution is 2.26. The van der Waals surface area contributed by atoms with E-state index in [9.17, 15) is 0 Å². The van der Waals surface area contributed by atoms with Gasteiger partial charge in [0.25, 0.3) is 0 Å². The zero-order valence-corrected chi connectivity index (χ0v) is 33.5. The molecule has 0 heterocycles. The number of hydrogen-bond donors (Lipinski definition) is 2. The first kappa shape index (κ1) is 49.3. The maximum absolute atomic E-state index is 8.64. The molecule has 0 radical (unpaired) electrons. The van der Waals surface area contributed by atoms with Crippen molar-refractivity contribution in [3.8, 4) is 23.0 Å². The highest BCUT2D eigenvalue weighted by Gasteiger charge is 2.08. The van der Waals surface area contributed by atoms with Gasteiger partial charge in [0.2, 0.25) is 0 Å². The molecule has 2 aromatic rings. The Morgan fingerprint density at radius 1 is 0.304 bits per heavy atom. The summed E-state index contributed by atoms with van der Waals surface area (Å²) in [5.41, 5.74) is 2.15. The predicted molar refractivity (Wildman–Crippen MR) is 207 cm³/mol. The van der Waals surface area contributed by atoms with E-state index in [0.717, 1.165) is 35.5 Å². The summed E-state index contributed by atoms with van der Waals surface area (Å²) in [6.07, 6.45) is 1.52. The number of aliphatic hydroxyl groups excluding tert-OH is 2. The number of ether oxygens (including phenoxy) is 14. The number of hydrogen-bond acceptors (Lipinski definition) is 16. The third-order valence-electron chi connectivity index (χ3n) is 7.49. The molecular formula is C40H66O16. The molecule has 0 bridgehead atoms. The van der Waals surface area contributed by atoms with Crippen LogP contribution in [0.5, 0.6) is 23.0 Å². The van der Waals surface area contributed by atoms with E-state index in [1.807, 2.05) is 36.4 Å². The van der Waals surface area contributed by atoms with Gasteiger partial charge in [-0.1, -0.05) is 0 Å². The van der Waals surface area contributed by atoms with Crippen LogP contribution in [0.4, 0.5) is 0 Å². The lowest BCUT2D eigenvalue weighted by atomic mass is 10.0. The standard InChI is InChI=1S/C40H66O16/c1-43-37-29-35(31-39(33-37)55-27-25-53-23-21-51-19-17-49-15-13-47-11-9-45-7-5-41)3-4-36-30-38(44-2)34-40(32-36)56-28-26-54-24-22-52-20-18-50-16-14-48-12-10-46-8-6-42/h29-34,41-42H,3-28H2,1-2H3. The molecule has 2 N–H and O–H groups in total. The van der Waals surface area contributed by atoms with E-state index in [2.05, 4.69) is 0 Å². The molecular weight excluding hydrogens is 736 g/mol. The Morgan fingerprint density at radius 2 is 0.536 bits per heavy atom. The first-order valence-corrected chi connectivity index (χ1v) is 19.3. The van der Waals surface area contributed by atoms with Crippen molar-refractivity contribution in [2.75, 3.05) is 173 Å². The zero-order valence-electron chi connectivity index (χ0n) is 33.5. The molecule has 0 amide bonds. The van der Waals surface area contributed by atoms with Gasteiger partial charge in [-0.05, 0) is 48.2 Å². The topological polar surface area (TPSA) is 170 Å². The molecule has 322 valence electrons. The first-order valence-electron chi connectivity index (χ1n) is 19.3. The average molecular weight is 803 g/mol. The maximum Gasteiger partial charge on any atom is 0.123 e. The van der Waals surface area contributed by atoms with Crippen LogP contribution in [0.2, 0.25) is 0 Å². The molecule has 0 aliphatic heterocycles. The van der Waals surface area contributed by atoms with Crippen LogP contribution in [-0.2, 0) is 60.2 Å². The molecule has 0 aromatic heterocycles. The second kappa shape index (κ2) is 36.5. The Morgan fingerprint density at radius 3 is 0.786 bits per heavy atom. The normalized spacial score (nSPS) is 11.3. The summed E-state index contributed by atoms with van der Waals surface area (Å²) in [4.78, 5) is 0. The largest absolute Gasteiger partial charge is 0.497 e. The number of aryl methyl sites for hydroxylation is 2. The van der Waals surface area contributed by atoms with Gasteiger partial charge in [-0.2, -0.15) is 0 Å². The minimum atomic E-state index is 0.0143. The molecule has 0 aliphatic rings. The van der Waals surface area contributed by atoms with Crippen molar-refractivity contribution >= 4 is 0 Å². The quantitative estimate of drug-likeness (QED) is 0.0940. The van der Waals surface area contributed by atoms with Crippen molar-refractivity contribution in [2.45, 2.75) is 12.8 Å². The van der Waals surface area contributed by atoms with E-state index < -0.39 is 0 Å². The van der Waals surface area contributed by atoms with E-state index in [0.29, 0.717) is 157 Å². The van der Waals surface area contributed by atoms with Crippen molar-refractivity contribution in [1.29, 1.82) is 0 Å². The van der Waals surface area contributed by atoms with Crippen molar-refractivity contribution < 1.29 is 76.5 Å². The molecule has 0 aliphatic carbocycles. The fraction of sp³-hybridized carbons (Fsp3) is 0.700. The summed E-state index contributed by atoms with van der Waals surface area (Å²) in [6.45, 7) is 9.87. The van der Waals surface area contributed by atoms with E-state index in [4.69, 9.17) is 76.5 Å².